The van der Waals surface area contributed by atoms with Crippen LogP contribution in [0.3, 0.4) is 0 Å². The summed E-state index contributed by atoms with van der Waals surface area (Å²) in [6, 6.07) is 4.85. The van der Waals surface area contributed by atoms with Crippen LogP contribution in [0.5, 0.6) is 0 Å². The van der Waals surface area contributed by atoms with Crippen molar-refractivity contribution in [2.24, 2.45) is 10.9 Å². The van der Waals surface area contributed by atoms with E-state index in [2.05, 4.69) is 11.6 Å². The summed E-state index contributed by atoms with van der Waals surface area (Å²) in [6.45, 7) is 11.1. The summed E-state index contributed by atoms with van der Waals surface area (Å²) in [5.74, 6) is -1.64. The SMILES string of the molecule is C=C/C=C/C=C(/CC(=O)N=c1c(C(=O)OCC)cc2c(=O)n3cccc(C)c3nc2n1CC(C)C)[N+](=O)[O-]. The smallest absolute Gasteiger partial charge is 0.341 e. The molecule has 0 aliphatic carbocycles. The number of pyridine rings is 2. The molecule has 3 aromatic rings. The third kappa shape index (κ3) is 6.00. The lowest BCUT2D eigenvalue weighted by atomic mass is 10.1. The molecular weight excluding hydrogens is 490 g/mol. The molecule has 0 N–H and O–H groups in total. The number of esters is 1. The fraction of sp³-hybridized carbons (Fsp3) is 0.296. The van der Waals surface area contributed by atoms with Crippen LogP contribution < -0.4 is 11.0 Å². The summed E-state index contributed by atoms with van der Waals surface area (Å²) in [5, 5.41) is 11.6. The molecule has 0 aromatic carbocycles. The molecule has 0 fully saturated rings. The number of hydrogen-bond acceptors (Lipinski definition) is 7. The highest BCUT2D eigenvalue weighted by Crippen LogP contribution is 2.15. The summed E-state index contributed by atoms with van der Waals surface area (Å²) in [6.07, 6.45) is 6.46. The van der Waals surface area contributed by atoms with Gasteiger partial charge >= 0.3 is 5.97 Å². The highest BCUT2D eigenvalue weighted by atomic mass is 16.6. The molecular formula is C27H29N5O6. The molecule has 3 rings (SSSR count). The Kier molecular flexibility index (Phi) is 8.85. The fourth-order valence-corrected chi connectivity index (χ4v) is 3.85. The third-order valence-electron chi connectivity index (χ3n) is 5.48. The Balaban J connectivity index is 2.41. The van der Waals surface area contributed by atoms with Gasteiger partial charge in [0.2, 0.25) is 0 Å². The van der Waals surface area contributed by atoms with E-state index in [0.717, 1.165) is 5.56 Å². The third-order valence-corrected chi connectivity index (χ3v) is 5.48. The van der Waals surface area contributed by atoms with E-state index in [-0.39, 0.29) is 46.9 Å². The molecule has 38 heavy (non-hydrogen) atoms. The first-order chi connectivity index (χ1) is 18.1. The number of carbonyl (C=O) groups is 2. The molecule has 3 aromatic heterocycles. The van der Waals surface area contributed by atoms with Gasteiger partial charge in [-0.25, -0.2) is 9.78 Å². The number of amides is 1. The van der Waals surface area contributed by atoms with Gasteiger partial charge < -0.3 is 9.30 Å². The topological polar surface area (TPSA) is 138 Å². The van der Waals surface area contributed by atoms with E-state index in [0.29, 0.717) is 5.65 Å². The molecule has 1 amide bonds. The fourth-order valence-electron chi connectivity index (χ4n) is 3.85. The standard InChI is InChI=1S/C27H29N5O6/c1-6-8-9-12-19(32(36)37)14-22(33)28-25-21(27(35)38-7-2)15-20-24(31(25)16-17(3)4)29-23-18(5)11-10-13-30(23)26(20)34/h6,8-13,15,17H,1,7,14,16H2,2-5H3/b9-8+,19-12-,28-25?. The second kappa shape index (κ2) is 12.0. The van der Waals surface area contributed by atoms with Gasteiger partial charge in [0.05, 0.1) is 16.9 Å². The molecule has 0 spiro atoms. The van der Waals surface area contributed by atoms with E-state index in [9.17, 15) is 24.5 Å². The zero-order valence-corrected chi connectivity index (χ0v) is 21.7. The predicted octanol–water partition coefficient (Wildman–Crippen LogP) is 3.51. The zero-order valence-electron chi connectivity index (χ0n) is 21.7. The van der Waals surface area contributed by atoms with Crippen LogP contribution in [0.1, 0.15) is 43.1 Å². The molecule has 0 saturated heterocycles. The van der Waals surface area contributed by atoms with E-state index >= 15 is 0 Å². The minimum absolute atomic E-state index is 0.0000855. The second-order valence-corrected chi connectivity index (χ2v) is 8.86. The van der Waals surface area contributed by atoms with Gasteiger partial charge in [0.25, 0.3) is 17.2 Å². The lowest BCUT2D eigenvalue weighted by molar-refractivity contribution is -0.426. The van der Waals surface area contributed by atoms with E-state index < -0.39 is 28.8 Å². The molecule has 0 atom stereocenters. The largest absolute Gasteiger partial charge is 0.462 e. The van der Waals surface area contributed by atoms with Gasteiger partial charge in [-0.05, 0) is 37.5 Å². The van der Waals surface area contributed by atoms with Gasteiger partial charge in [-0.1, -0.05) is 44.7 Å². The average Bonchev–Trinajstić information content (AvgIpc) is 2.85. The van der Waals surface area contributed by atoms with Crippen molar-refractivity contribution in [1.29, 1.82) is 0 Å². The van der Waals surface area contributed by atoms with Gasteiger partial charge in [0.1, 0.15) is 23.3 Å². The number of ether oxygens (including phenoxy) is 1. The maximum absolute atomic E-state index is 13.5. The Morgan fingerprint density at radius 1 is 1.29 bits per heavy atom. The van der Waals surface area contributed by atoms with Gasteiger partial charge in [0.15, 0.2) is 5.49 Å². The number of aromatic nitrogens is 3. The van der Waals surface area contributed by atoms with Gasteiger partial charge in [-0.15, -0.1) is 0 Å². The van der Waals surface area contributed by atoms with Crippen molar-refractivity contribution >= 4 is 28.6 Å². The van der Waals surface area contributed by atoms with E-state index in [1.54, 1.807) is 19.2 Å². The monoisotopic (exact) mass is 519 g/mol. The molecule has 0 radical (unpaired) electrons. The molecule has 0 aliphatic rings. The van der Waals surface area contributed by atoms with Gasteiger partial charge in [0, 0.05) is 18.8 Å². The highest BCUT2D eigenvalue weighted by Gasteiger charge is 2.22. The van der Waals surface area contributed by atoms with E-state index in [4.69, 9.17) is 9.72 Å². The summed E-state index contributed by atoms with van der Waals surface area (Å²) in [4.78, 5) is 59.1. The van der Waals surface area contributed by atoms with Crippen LogP contribution in [0, 0.1) is 23.0 Å². The van der Waals surface area contributed by atoms with Crippen LogP contribution >= 0.6 is 0 Å². The number of aryl methyl sites for hydroxylation is 1. The van der Waals surface area contributed by atoms with Gasteiger partial charge in [-0.3, -0.25) is 24.1 Å². The number of carbonyl (C=O) groups excluding carboxylic acids is 2. The lowest BCUT2D eigenvalue weighted by Crippen LogP contribution is -2.34. The van der Waals surface area contributed by atoms with E-state index in [1.165, 1.54) is 39.3 Å². The average molecular weight is 520 g/mol. The van der Waals surface area contributed by atoms with Crippen LogP contribution in [0.15, 0.2) is 70.8 Å². The van der Waals surface area contributed by atoms with Crippen molar-refractivity contribution in [3.8, 4) is 0 Å². The summed E-state index contributed by atoms with van der Waals surface area (Å²) in [7, 11) is 0. The number of rotatable bonds is 9. The molecule has 11 heteroatoms. The van der Waals surface area contributed by atoms with Crippen molar-refractivity contribution in [3.05, 3.63) is 98.1 Å². The Hall–Kier alpha value is -4.67. The molecule has 198 valence electrons. The first kappa shape index (κ1) is 27.9. The van der Waals surface area contributed by atoms with Crippen LogP contribution in [-0.4, -0.2) is 37.4 Å². The zero-order chi connectivity index (χ0) is 28.0. The molecule has 0 bridgehead atoms. The minimum Gasteiger partial charge on any atom is -0.462 e. The Morgan fingerprint density at radius 2 is 2.03 bits per heavy atom. The number of allylic oxidation sites excluding steroid dienone is 4. The first-order valence-electron chi connectivity index (χ1n) is 12.0. The Morgan fingerprint density at radius 3 is 2.66 bits per heavy atom. The Bertz CT molecular complexity index is 1620. The van der Waals surface area contributed by atoms with Crippen molar-refractivity contribution in [3.63, 3.8) is 0 Å². The first-order valence-corrected chi connectivity index (χ1v) is 12.0. The van der Waals surface area contributed by atoms with Gasteiger partial charge in [-0.2, -0.15) is 4.99 Å². The summed E-state index contributed by atoms with van der Waals surface area (Å²) in [5.41, 5.74) is 0.417. The second-order valence-electron chi connectivity index (χ2n) is 8.86. The maximum Gasteiger partial charge on any atom is 0.341 e. The molecule has 0 saturated carbocycles. The predicted molar refractivity (Wildman–Crippen MR) is 142 cm³/mol. The van der Waals surface area contributed by atoms with E-state index in [1.807, 2.05) is 26.8 Å². The molecule has 11 nitrogen and oxygen atoms in total. The van der Waals surface area contributed by atoms with Crippen molar-refractivity contribution in [2.75, 3.05) is 6.61 Å². The molecule has 0 unspecified atom stereocenters. The van der Waals surface area contributed by atoms with Crippen LogP contribution in [-0.2, 0) is 16.1 Å². The number of fused-ring (bicyclic) bond motifs is 2. The highest BCUT2D eigenvalue weighted by molar-refractivity contribution is 5.94. The molecule has 3 heterocycles. The quantitative estimate of drug-likeness (QED) is 0.139. The summed E-state index contributed by atoms with van der Waals surface area (Å²) < 4.78 is 8.12. The van der Waals surface area contributed by atoms with Crippen molar-refractivity contribution in [1.82, 2.24) is 14.0 Å². The Labute approximate surface area is 218 Å². The number of nitro groups is 1. The van der Waals surface area contributed by atoms with Crippen LogP contribution in [0.2, 0.25) is 0 Å². The van der Waals surface area contributed by atoms with Crippen molar-refractivity contribution < 1.29 is 19.2 Å². The number of hydrogen-bond donors (Lipinski definition) is 0. The molecule has 0 aliphatic heterocycles. The minimum atomic E-state index is -0.851. The van der Waals surface area contributed by atoms with Crippen LogP contribution in [0.4, 0.5) is 0 Å². The summed E-state index contributed by atoms with van der Waals surface area (Å²) >= 11 is 0. The number of nitrogens with zero attached hydrogens (tertiary/aromatic N) is 5. The van der Waals surface area contributed by atoms with Crippen LogP contribution in [0.25, 0.3) is 16.7 Å². The normalized spacial score (nSPS) is 12.6. The van der Waals surface area contributed by atoms with Crippen molar-refractivity contribution in [2.45, 2.75) is 40.7 Å². The maximum atomic E-state index is 13.5. The lowest BCUT2D eigenvalue weighted by Gasteiger charge is -2.17.